The number of aromatic amines is 1. The van der Waals surface area contributed by atoms with Crippen LogP contribution in [-0.2, 0) is 0 Å². The largest absolute Gasteiger partial charge is 0.478 e. The number of carboxylic acids is 1. The van der Waals surface area contributed by atoms with Gasteiger partial charge in [0.15, 0.2) is 0 Å². The fraction of sp³-hybridized carbons (Fsp3) is 0. The fourth-order valence-electron chi connectivity index (χ4n) is 1.87. The third-order valence-electron chi connectivity index (χ3n) is 2.80. The third-order valence-corrected chi connectivity index (χ3v) is 4.24. The molecule has 2 N–H and O–H groups in total. The first-order chi connectivity index (χ1) is 9.65. The van der Waals surface area contributed by atoms with Crippen LogP contribution in [-0.4, -0.2) is 21.0 Å². The van der Waals surface area contributed by atoms with Gasteiger partial charge >= 0.3 is 5.97 Å². The molecule has 0 atom stereocenters. The molecule has 0 amide bonds. The number of nitrogens with one attached hydrogen (secondary N) is 1. The summed E-state index contributed by atoms with van der Waals surface area (Å²) in [6, 6.07) is 11.2. The van der Waals surface area contributed by atoms with Gasteiger partial charge in [-0.2, -0.15) is 0 Å². The van der Waals surface area contributed by atoms with E-state index in [0.717, 1.165) is 15.9 Å². The highest BCUT2D eigenvalue weighted by molar-refractivity contribution is 7.99. The van der Waals surface area contributed by atoms with Gasteiger partial charge in [0.05, 0.1) is 15.6 Å². The lowest BCUT2D eigenvalue weighted by atomic mass is 10.3. The number of aromatic nitrogens is 2. The smallest absolute Gasteiger partial charge is 0.337 e. The molecule has 20 heavy (non-hydrogen) atoms. The summed E-state index contributed by atoms with van der Waals surface area (Å²) in [5.74, 6) is -1.06. The Labute approximate surface area is 123 Å². The van der Waals surface area contributed by atoms with Gasteiger partial charge in [0.2, 0.25) is 0 Å². The normalized spacial score (nSPS) is 10.8. The Bertz CT molecular complexity index is 768. The first kappa shape index (κ1) is 13.0. The number of halogens is 1. The summed E-state index contributed by atoms with van der Waals surface area (Å²) >= 11 is 7.38. The number of nitrogens with zero attached hydrogens (tertiary/aromatic N) is 1. The molecule has 6 heteroatoms. The highest BCUT2D eigenvalue weighted by Crippen LogP contribution is 2.34. The summed E-state index contributed by atoms with van der Waals surface area (Å²) in [6.07, 6.45) is 1.44. The predicted octanol–water partition coefficient (Wildman–Crippen LogP) is 4.07. The minimum atomic E-state index is -1.06. The molecule has 2 aromatic heterocycles. The van der Waals surface area contributed by atoms with E-state index in [4.69, 9.17) is 16.7 Å². The van der Waals surface area contributed by atoms with E-state index in [1.165, 1.54) is 24.0 Å². The van der Waals surface area contributed by atoms with Gasteiger partial charge in [-0.3, -0.25) is 0 Å². The van der Waals surface area contributed by atoms with Crippen LogP contribution in [0.2, 0.25) is 5.02 Å². The van der Waals surface area contributed by atoms with Gasteiger partial charge in [-0.1, -0.05) is 41.6 Å². The Hall–Kier alpha value is -1.98. The Balaban J connectivity index is 1.98. The van der Waals surface area contributed by atoms with E-state index in [0.29, 0.717) is 5.03 Å². The van der Waals surface area contributed by atoms with Crippen molar-refractivity contribution in [2.45, 2.75) is 10.1 Å². The van der Waals surface area contributed by atoms with Crippen molar-refractivity contribution in [1.29, 1.82) is 0 Å². The maximum Gasteiger partial charge on any atom is 0.337 e. The van der Waals surface area contributed by atoms with Crippen LogP contribution in [0.15, 0.2) is 52.6 Å². The van der Waals surface area contributed by atoms with Crippen LogP contribution < -0.4 is 0 Å². The number of rotatable bonds is 3. The second kappa shape index (κ2) is 5.19. The predicted molar refractivity (Wildman–Crippen MR) is 78.6 cm³/mol. The zero-order valence-electron chi connectivity index (χ0n) is 10.1. The molecule has 2 heterocycles. The van der Waals surface area contributed by atoms with E-state index in [1.54, 1.807) is 0 Å². The average molecular weight is 305 g/mol. The van der Waals surface area contributed by atoms with Gasteiger partial charge in [-0.15, -0.1) is 0 Å². The number of hydrogen-bond donors (Lipinski definition) is 2. The highest BCUT2D eigenvalue weighted by Gasteiger charge is 2.14. The Kier molecular flexibility index (Phi) is 3.38. The quantitative estimate of drug-likeness (QED) is 0.765. The summed E-state index contributed by atoms with van der Waals surface area (Å²) in [5.41, 5.74) is 1.07. The molecule has 0 spiro atoms. The number of para-hydroxylation sites is 1. The van der Waals surface area contributed by atoms with Gasteiger partial charge < -0.3 is 10.1 Å². The molecule has 4 nitrogen and oxygen atoms in total. The Morgan fingerprint density at radius 1 is 1.30 bits per heavy atom. The van der Waals surface area contributed by atoms with E-state index in [9.17, 15) is 4.79 Å². The summed E-state index contributed by atoms with van der Waals surface area (Å²) in [5, 5.41) is 11.6. The third kappa shape index (κ3) is 2.37. The van der Waals surface area contributed by atoms with E-state index >= 15 is 0 Å². The zero-order chi connectivity index (χ0) is 14.1. The number of hydrogen-bond acceptors (Lipinski definition) is 3. The van der Waals surface area contributed by atoms with Crippen LogP contribution in [0, 0.1) is 0 Å². The van der Waals surface area contributed by atoms with Crippen molar-refractivity contribution in [2.24, 2.45) is 0 Å². The van der Waals surface area contributed by atoms with E-state index in [2.05, 4.69) is 9.97 Å². The van der Waals surface area contributed by atoms with Crippen molar-refractivity contribution in [3.05, 3.63) is 53.2 Å². The van der Waals surface area contributed by atoms with Crippen LogP contribution in [0.1, 0.15) is 10.4 Å². The molecule has 3 rings (SSSR count). The monoisotopic (exact) mass is 304 g/mol. The summed E-state index contributed by atoms with van der Waals surface area (Å²) < 4.78 is 0. The van der Waals surface area contributed by atoms with Gasteiger partial charge in [0, 0.05) is 17.1 Å². The van der Waals surface area contributed by atoms with Gasteiger partial charge in [0.1, 0.15) is 5.03 Å². The first-order valence-electron chi connectivity index (χ1n) is 5.78. The molecule has 0 radical (unpaired) electrons. The minimum absolute atomic E-state index is 0.0558. The molecule has 0 aliphatic heterocycles. The number of H-pyrrole nitrogens is 1. The number of aromatic carboxylic acids is 1. The summed E-state index contributed by atoms with van der Waals surface area (Å²) in [4.78, 5) is 18.4. The lowest BCUT2D eigenvalue weighted by molar-refractivity contribution is 0.0696. The zero-order valence-corrected chi connectivity index (χ0v) is 11.7. The van der Waals surface area contributed by atoms with Crippen molar-refractivity contribution in [2.75, 3.05) is 0 Å². The van der Waals surface area contributed by atoms with Crippen molar-refractivity contribution >= 4 is 40.2 Å². The Morgan fingerprint density at radius 3 is 2.85 bits per heavy atom. The first-order valence-corrected chi connectivity index (χ1v) is 6.98. The maximum atomic E-state index is 11.0. The van der Waals surface area contributed by atoms with Gasteiger partial charge in [0.25, 0.3) is 0 Å². The molecule has 0 aliphatic carbocycles. The molecule has 0 unspecified atom stereocenters. The van der Waals surface area contributed by atoms with Crippen molar-refractivity contribution in [3.8, 4) is 0 Å². The van der Waals surface area contributed by atoms with E-state index in [-0.39, 0.29) is 10.6 Å². The molecule has 3 aromatic rings. The SMILES string of the molecule is O=C(O)c1ccnc(Sc2cc3ccccc3[nH]2)c1Cl. The van der Waals surface area contributed by atoms with Crippen LogP contribution in [0.4, 0.5) is 0 Å². The van der Waals surface area contributed by atoms with Gasteiger partial charge in [-0.25, -0.2) is 9.78 Å². The number of benzene rings is 1. The number of fused-ring (bicyclic) bond motifs is 1. The van der Waals surface area contributed by atoms with E-state index in [1.807, 2.05) is 30.3 Å². The number of pyridine rings is 1. The van der Waals surface area contributed by atoms with Gasteiger partial charge in [-0.05, 0) is 18.2 Å². The number of carbonyl (C=O) groups is 1. The Morgan fingerprint density at radius 2 is 2.10 bits per heavy atom. The molecule has 0 fully saturated rings. The molecule has 1 aromatic carbocycles. The van der Waals surface area contributed by atoms with Crippen LogP contribution >= 0.6 is 23.4 Å². The van der Waals surface area contributed by atoms with Crippen LogP contribution in [0.25, 0.3) is 10.9 Å². The van der Waals surface area contributed by atoms with Crippen molar-refractivity contribution < 1.29 is 9.90 Å². The second-order valence-corrected chi connectivity index (χ2v) is 5.51. The summed E-state index contributed by atoms with van der Waals surface area (Å²) in [7, 11) is 0. The van der Waals surface area contributed by atoms with Crippen molar-refractivity contribution in [3.63, 3.8) is 0 Å². The standard InChI is InChI=1S/C14H9ClN2O2S/c15-12-9(14(18)19)5-6-16-13(12)20-11-7-8-3-1-2-4-10(8)17-11/h1-7,17H,(H,18,19). The average Bonchev–Trinajstić information content (AvgIpc) is 2.83. The molecule has 0 aliphatic rings. The fourth-order valence-corrected chi connectivity index (χ4v) is 3.04. The highest BCUT2D eigenvalue weighted by atomic mass is 35.5. The van der Waals surface area contributed by atoms with Crippen LogP contribution in [0.5, 0.6) is 0 Å². The molecular weight excluding hydrogens is 296 g/mol. The van der Waals surface area contributed by atoms with Crippen molar-refractivity contribution in [1.82, 2.24) is 9.97 Å². The van der Waals surface area contributed by atoms with E-state index < -0.39 is 5.97 Å². The van der Waals surface area contributed by atoms with Crippen LogP contribution in [0.3, 0.4) is 0 Å². The molecule has 0 saturated carbocycles. The maximum absolute atomic E-state index is 11.0. The lowest BCUT2D eigenvalue weighted by Crippen LogP contribution is -1.99. The minimum Gasteiger partial charge on any atom is -0.478 e. The topological polar surface area (TPSA) is 66.0 Å². The molecule has 100 valence electrons. The number of carboxylic acid groups (broad SMARTS) is 1. The lowest BCUT2D eigenvalue weighted by Gasteiger charge is -2.03. The molecular formula is C14H9ClN2O2S. The second-order valence-electron chi connectivity index (χ2n) is 4.11. The molecule has 0 bridgehead atoms. The molecule has 0 saturated heterocycles. The summed E-state index contributed by atoms with van der Waals surface area (Å²) in [6.45, 7) is 0.